The summed E-state index contributed by atoms with van der Waals surface area (Å²) in [5.74, 6) is 1.07. The van der Waals surface area contributed by atoms with Crippen molar-refractivity contribution in [3.05, 3.63) is 45.4 Å². The number of aromatic nitrogens is 4. The van der Waals surface area contributed by atoms with Gasteiger partial charge in [0.25, 0.3) is 5.56 Å². The molecular weight excluding hydrogens is 422 g/mol. The molecule has 3 aromatic rings. The summed E-state index contributed by atoms with van der Waals surface area (Å²) in [6.07, 6.45) is 3.57. The third-order valence-corrected chi connectivity index (χ3v) is 5.28. The predicted octanol–water partition coefficient (Wildman–Crippen LogP) is 2.68. The van der Waals surface area contributed by atoms with E-state index in [4.69, 9.17) is 0 Å². The number of anilines is 3. The van der Waals surface area contributed by atoms with Gasteiger partial charge in [-0.15, -0.1) is 0 Å². The largest absolute Gasteiger partial charge is 0.368 e. The highest BCUT2D eigenvalue weighted by Crippen LogP contribution is 2.21. The third-order valence-electron chi connectivity index (χ3n) is 4.72. The van der Waals surface area contributed by atoms with Crippen molar-refractivity contribution in [3.63, 3.8) is 0 Å². The van der Waals surface area contributed by atoms with Crippen molar-refractivity contribution >= 4 is 44.4 Å². The number of nitrogens with zero attached hydrogens (tertiary/aromatic N) is 5. The Bertz CT molecular complexity index is 1040. The summed E-state index contributed by atoms with van der Waals surface area (Å²) in [4.78, 5) is 28.2. The van der Waals surface area contributed by atoms with Crippen molar-refractivity contribution in [1.82, 2.24) is 24.8 Å². The molecule has 1 saturated heterocycles. The van der Waals surface area contributed by atoms with Crippen LogP contribution >= 0.6 is 15.9 Å². The van der Waals surface area contributed by atoms with Crippen LogP contribution in [0.5, 0.6) is 0 Å². The fourth-order valence-electron chi connectivity index (χ4n) is 3.31. The van der Waals surface area contributed by atoms with Crippen molar-refractivity contribution in [2.45, 2.75) is 19.9 Å². The Balaban J connectivity index is 1.62. The van der Waals surface area contributed by atoms with Gasteiger partial charge in [-0.3, -0.25) is 9.36 Å². The van der Waals surface area contributed by atoms with Crippen LogP contribution in [0.1, 0.15) is 19.9 Å². The summed E-state index contributed by atoms with van der Waals surface area (Å²) in [6, 6.07) is 5.69. The monoisotopic (exact) mass is 443 g/mol. The van der Waals surface area contributed by atoms with Crippen LogP contribution in [0.25, 0.3) is 11.0 Å². The summed E-state index contributed by atoms with van der Waals surface area (Å²) < 4.78 is 2.16. The lowest BCUT2D eigenvalue weighted by molar-refractivity contribution is 0.589. The topological polar surface area (TPSA) is 88.0 Å². The minimum atomic E-state index is -0.106. The second kappa shape index (κ2) is 7.84. The maximum absolute atomic E-state index is 12.5. The Morgan fingerprint density at radius 3 is 2.64 bits per heavy atom. The van der Waals surface area contributed by atoms with Crippen molar-refractivity contribution < 1.29 is 0 Å². The van der Waals surface area contributed by atoms with Crippen LogP contribution in [-0.4, -0.2) is 45.7 Å². The molecule has 1 aliphatic heterocycles. The Labute approximate surface area is 171 Å². The number of piperazine rings is 1. The molecule has 0 atom stereocenters. The number of hydrogen-bond acceptors (Lipinski definition) is 7. The van der Waals surface area contributed by atoms with E-state index in [-0.39, 0.29) is 11.6 Å². The zero-order valence-electron chi connectivity index (χ0n) is 15.8. The van der Waals surface area contributed by atoms with Gasteiger partial charge in [-0.05, 0) is 48.0 Å². The van der Waals surface area contributed by atoms with E-state index in [1.165, 1.54) is 0 Å². The van der Waals surface area contributed by atoms with Crippen LogP contribution in [0.2, 0.25) is 0 Å². The van der Waals surface area contributed by atoms with Crippen molar-refractivity contribution in [2.75, 3.05) is 36.4 Å². The highest BCUT2D eigenvalue weighted by atomic mass is 79.9. The van der Waals surface area contributed by atoms with Crippen molar-refractivity contribution in [3.8, 4) is 0 Å². The molecule has 0 spiro atoms. The van der Waals surface area contributed by atoms with Gasteiger partial charge in [-0.1, -0.05) is 0 Å². The fraction of sp³-hybridized carbons (Fsp3) is 0.368. The molecule has 2 N–H and O–H groups in total. The maximum Gasteiger partial charge on any atom is 0.266 e. The first-order valence-electron chi connectivity index (χ1n) is 9.29. The Morgan fingerprint density at radius 1 is 1.18 bits per heavy atom. The molecular formula is C19H22BrN7O. The molecule has 0 saturated carbocycles. The minimum absolute atomic E-state index is 0.0216. The van der Waals surface area contributed by atoms with Gasteiger partial charge in [-0.2, -0.15) is 4.98 Å². The lowest BCUT2D eigenvalue weighted by atomic mass is 10.3. The molecule has 8 nitrogen and oxygen atoms in total. The zero-order valence-corrected chi connectivity index (χ0v) is 17.4. The van der Waals surface area contributed by atoms with Crippen LogP contribution in [0.15, 0.2) is 39.9 Å². The number of fused-ring (bicyclic) bond motifs is 1. The lowest BCUT2D eigenvalue weighted by Gasteiger charge is -2.29. The van der Waals surface area contributed by atoms with E-state index in [0.717, 1.165) is 37.3 Å². The summed E-state index contributed by atoms with van der Waals surface area (Å²) >= 11 is 3.32. The zero-order chi connectivity index (χ0) is 19.7. The number of halogens is 1. The van der Waals surface area contributed by atoms with E-state index in [0.29, 0.717) is 21.9 Å². The molecule has 3 aromatic heterocycles. The first-order valence-corrected chi connectivity index (χ1v) is 10.1. The van der Waals surface area contributed by atoms with Gasteiger partial charge in [0, 0.05) is 43.8 Å². The van der Waals surface area contributed by atoms with Gasteiger partial charge in [0.05, 0.1) is 16.4 Å². The average Bonchev–Trinajstić information content (AvgIpc) is 2.70. The van der Waals surface area contributed by atoms with E-state index in [1.807, 2.05) is 32.2 Å². The molecule has 4 heterocycles. The SMILES string of the molecule is CC(C)n1c(=O)c(Br)cc2cnc(Nc3ccc(N4CCNCC4)cn3)nc21. The molecule has 0 amide bonds. The molecule has 0 aliphatic carbocycles. The predicted molar refractivity (Wildman–Crippen MR) is 114 cm³/mol. The molecule has 0 unspecified atom stereocenters. The average molecular weight is 444 g/mol. The summed E-state index contributed by atoms with van der Waals surface area (Å²) in [6.45, 7) is 7.84. The Hall–Kier alpha value is -2.52. The van der Waals surface area contributed by atoms with Gasteiger partial charge < -0.3 is 15.5 Å². The number of rotatable bonds is 4. The van der Waals surface area contributed by atoms with E-state index in [2.05, 4.69) is 46.4 Å². The third kappa shape index (κ3) is 3.72. The summed E-state index contributed by atoms with van der Waals surface area (Å²) in [5, 5.41) is 7.28. The van der Waals surface area contributed by atoms with Gasteiger partial charge in [0.15, 0.2) is 0 Å². The molecule has 0 radical (unpaired) electrons. The summed E-state index contributed by atoms with van der Waals surface area (Å²) in [5.41, 5.74) is 1.59. The quantitative estimate of drug-likeness (QED) is 0.640. The summed E-state index contributed by atoms with van der Waals surface area (Å²) in [7, 11) is 0. The van der Waals surface area contributed by atoms with E-state index >= 15 is 0 Å². The van der Waals surface area contributed by atoms with Crippen LogP contribution < -0.4 is 21.1 Å². The molecule has 1 aliphatic rings. The van der Waals surface area contributed by atoms with Crippen LogP contribution in [0.4, 0.5) is 17.5 Å². The van der Waals surface area contributed by atoms with Gasteiger partial charge >= 0.3 is 0 Å². The molecule has 0 bridgehead atoms. The van der Waals surface area contributed by atoms with Gasteiger partial charge in [-0.25, -0.2) is 9.97 Å². The van der Waals surface area contributed by atoms with Gasteiger partial charge in [0.2, 0.25) is 5.95 Å². The highest BCUT2D eigenvalue weighted by Gasteiger charge is 2.14. The van der Waals surface area contributed by atoms with Gasteiger partial charge in [0.1, 0.15) is 11.5 Å². The van der Waals surface area contributed by atoms with Crippen LogP contribution in [0.3, 0.4) is 0 Å². The Morgan fingerprint density at radius 2 is 1.96 bits per heavy atom. The first kappa shape index (κ1) is 18.8. The van der Waals surface area contributed by atoms with Crippen molar-refractivity contribution in [2.24, 2.45) is 0 Å². The number of hydrogen-bond donors (Lipinski definition) is 2. The smallest absolute Gasteiger partial charge is 0.266 e. The van der Waals surface area contributed by atoms with E-state index < -0.39 is 0 Å². The molecule has 146 valence electrons. The molecule has 9 heteroatoms. The van der Waals surface area contributed by atoms with E-state index in [1.54, 1.807) is 16.8 Å². The molecule has 28 heavy (non-hydrogen) atoms. The maximum atomic E-state index is 12.5. The highest BCUT2D eigenvalue weighted by molar-refractivity contribution is 9.10. The number of nitrogens with one attached hydrogen (secondary N) is 2. The van der Waals surface area contributed by atoms with Crippen LogP contribution in [-0.2, 0) is 0 Å². The molecule has 4 rings (SSSR count). The van der Waals surface area contributed by atoms with Crippen LogP contribution in [0, 0.1) is 0 Å². The number of pyridine rings is 2. The molecule has 0 aromatic carbocycles. The second-order valence-corrected chi connectivity index (χ2v) is 7.85. The molecule has 1 fully saturated rings. The minimum Gasteiger partial charge on any atom is -0.368 e. The standard InChI is InChI=1S/C19H22BrN7O/c1-12(2)27-17-13(9-15(20)18(27)28)10-23-19(25-17)24-16-4-3-14(11-22-16)26-7-5-21-6-8-26/h3-4,9-12,21H,5-8H2,1-2H3,(H,22,23,24,25). The van der Waals surface area contributed by atoms with Crippen molar-refractivity contribution in [1.29, 1.82) is 0 Å². The lowest BCUT2D eigenvalue weighted by Crippen LogP contribution is -2.43. The normalized spacial score (nSPS) is 14.6. The van der Waals surface area contributed by atoms with E-state index in [9.17, 15) is 4.79 Å². The Kier molecular flexibility index (Phi) is 5.27. The second-order valence-electron chi connectivity index (χ2n) is 7.00. The first-order chi connectivity index (χ1) is 13.5. The fourth-order valence-corrected chi connectivity index (χ4v) is 3.75.